The molecule has 1 aromatic heterocycles. The molecule has 0 aliphatic rings. The fraction of sp³-hybridized carbons (Fsp3) is 0. The Kier molecular flexibility index (Phi) is 2.10. The van der Waals surface area contributed by atoms with Crippen LogP contribution >= 0.6 is 15.9 Å². The number of aromatic nitrogens is 1. The predicted molar refractivity (Wildman–Crippen MR) is 54.8 cm³/mol. The van der Waals surface area contributed by atoms with Gasteiger partial charge < -0.3 is 0 Å². The lowest BCUT2D eigenvalue weighted by molar-refractivity contribution is 0.112. The smallest absolute Gasteiger partial charge is 0.169 e. The first-order valence-corrected chi connectivity index (χ1v) is 4.60. The van der Waals surface area contributed by atoms with Gasteiger partial charge in [0.25, 0.3) is 0 Å². The minimum atomic E-state index is 0.485. The van der Waals surface area contributed by atoms with Crippen molar-refractivity contribution in [3.8, 4) is 0 Å². The zero-order chi connectivity index (χ0) is 9.26. The van der Waals surface area contributed by atoms with Gasteiger partial charge in [-0.25, -0.2) is 0 Å². The highest BCUT2D eigenvalue weighted by atomic mass is 79.9. The van der Waals surface area contributed by atoms with Crippen LogP contribution in [0.5, 0.6) is 0 Å². The number of aldehydes is 1. The topological polar surface area (TPSA) is 30.0 Å². The van der Waals surface area contributed by atoms with Crippen molar-refractivity contribution < 1.29 is 4.79 Å². The Hall–Kier alpha value is -1.22. The summed E-state index contributed by atoms with van der Waals surface area (Å²) in [6.07, 6.45) is 2.42. The number of pyridine rings is 1. The largest absolute Gasteiger partial charge is 0.296 e. The molecule has 0 saturated carbocycles. The maximum Gasteiger partial charge on any atom is 0.169 e. The monoisotopic (exact) mass is 235 g/mol. The van der Waals surface area contributed by atoms with Crippen molar-refractivity contribution in [2.45, 2.75) is 0 Å². The Morgan fingerprint density at radius 1 is 1.23 bits per heavy atom. The average Bonchev–Trinajstić information content (AvgIpc) is 2.19. The van der Waals surface area contributed by atoms with E-state index in [0.29, 0.717) is 5.69 Å². The average molecular weight is 236 g/mol. The molecule has 64 valence electrons. The van der Waals surface area contributed by atoms with E-state index in [1.54, 1.807) is 6.20 Å². The highest BCUT2D eigenvalue weighted by Gasteiger charge is 2.03. The van der Waals surface area contributed by atoms with E-state index in [4.69, 9.17) is 0 Å². The van der Waals surface area contributed by atoms with Crippen molar-refractivity contribution in [1.82, 2.24) is 4.98 Å². The molecule has 2 rings (SSSR count). The third-order valence-corrected chi connectivity index (χ3v) is 2.52. The summed E-state index contributed by atoms with van der Waals surface area (Å²) in [5.74, 6) is 0. The van der Waals surface area contributed by atoms with E-state index in [-0.39, 0.29) is 0 Å². The number of halogens is 1. The molecule has 0 aliphatic heterocycles. The lowest BCUT2D eigenvalue weighted by Gasteiger charge is -2.00. The standard InChI is InChI=1S/C10H6BrNO/c11-9-5-12-10(6-13)8-4-2-1-3-7(8)9/h1-6H. The molecule has 0 atom stereocenters. The van der Waals surface area contributed by atoms with Crippen molar-refractivity contribution in [2.24, 2.45) is 0 Å². The fourth-order valence-electron chi connectivity index (χ4n) is 1.27. The Labute approximate surface area is 83.7 Å². The van der Waals surface area contributed by atoms with Crippen molar-refractivity contribution in [2.75, 3.05) is 0 Å². The quantitative estimate of drug-likeness (QED) is 0.712. The second-order valence-electron chi connectivity index (χ2n) is 2.65. The van der Waals surface area contributed by atoms with Gasteiger partial charge in [-0.05, 0) is 21.3 Å². The molecule has 2 nitrogen and oxygen atoms in total. The minimum absolute atomic E-state index is 0.485. The molecule has 1 heterocycles. The molecule has 0 N–H and O–H groups in total. The SMILES string of the molecule is O=Cc1ncc(Br)c2ccccc12. The first-order valence-electron chi connectivity index (χ1n) is 3.81. The molecule has 0 spiro atoms. The predicted octanol–water partition coefficient (Wildman–Crippen LogP) is 2.81. The van der Waals surface area contributed by atoms with E-state index in [1.807, 2.05) is 24.3 Å². The van der Waals surface area contributed by atoms with Gasteiger partial charge in [-0.2, -0.15) is 0 Å². The summed E-state index contributed by atoms with van der Waals surface area (Å²) in [6, 6.07) is 7.66. The zero-order valence-corrected chi connectivity index (χ0v) is 8.28. The normalized spacial score (nSPS) is 10.2. The first kappa shape index (κ1) is 8.38. The van der Waals surface area contributed by atoms with Crippen molar-refractivity contribution in [1.29, 1.82) is 0 Å². The van der Waals surface area contributed by atoms with Gasteiger partial charge in [0.1, 0.15) is 5.69 Å². The van der Waals surface area contributed by atoms with Gasteiger partial charge in [0.05, 0.1) is 0 Å². The molecule has 0 radical (unpaired) electrons. The first-order chi connectivity index (χ1) is 6.33. The Bertz CT molecular complexity index is 467. The van der Waals surface area contributed by atoms with Crippen LogP contribution in [0.3, 0.4) is 0 Å². The van der Waals surface area contributed by atoms with Gasteiger partial charge in [-0.1, -0.05) is 24.3 Å². The molecular formula is C10H6BrNO. The molecule has 0 amide bonds. The highest BCUT2D eigenvalue weighted by molar-refractivity contribution is 9.10. The lowest BCUT2D eigenvalue weighted by atomic mass is 10.1. The summed E-state index contributed by atoms with van der Waals surface area (Å²) in [5, 5.41) is 1.89. The zero-order valence-electron chi connectivity index (χ0n) is 6.70. The lowest BCUT2D eigenvalue weighted by Crippen LogP contribution is -1.88. The van der Waals surface area contributed by atoms with Gasteiger partial charge >= 0.3 is 0 Å². The third-order valence-electron chi connectivity index (χ3n) is 1.89. The number of hydrogen-bond donors (Lipinski definition) is 0. The van der Waals surface area contributed by atoms with Crippen molar-refractivity contribution in [3.63, 3.8) is 0 Å². The number of carbonyl (C=O) groups excluding carboxylic acids is 1. The van der Waals surface area contributed by atoms with Crippen LogP contribution in [0.15, 0.2) is 34.9 Å². The van der Waals surface area contributed by atoms with Crippen LogP contribution in [0, 0.1) is 0 Å². The summed E-state index contributed by atoms with van der Waals surface area (Å²) < 4.78 is 0.911. The molecule has 0 bridgehead atoms. The van der Waals surface area contributed by atoms with Gasteiger partial charge in [-0.15, -0.1) is 0 Å². The molecule has 0 saturated heterocycles. The van der Waals surface area contributed by atoms with E-state index in [9.17, 15) is 4.79 Å². The number of nitrogens with zero attached hydrogens (tertiary/aromatic N) is 1. The molecule has 3 heteroatoms. The van der Waals surface area contributed by atoms with E-state index < -0.39 is 0 Å². The number of benzene rings is 1. The molecule has 1 aromatic carbocycles. The molecule has 0 fully saturated rings. The van der Waals surface area contributed by atoms with E-state index in [1.165, 1.54) is 0 Å². The van der Waals surface area contributed by atoms with Gasteiger partial charge in [-0.3, -0.25) is 9.78 Å². The van der Waals surface area contributed by atoms with Crippen LogP contribution in [0.1, 0.15) is 10.5 Å². The van der Waals surface area contributed by atoms with Crippen LogP contribution in [0.25, 0.3) is 10.8 Å². The molecular weight excluding hydrogens is 230 g/mol. The Morgan fingerprint density at radius 2 is 1.92 bits per heavy atom. The number of hydrogen-bond acceptors (Lipinski definition) is 2. The maximum absolute atomic E-state index is 10.7. The summed E-state index contributed by atoms with van der Waals surface area (Å²) in [6.45, 7) is 0. The third kappa shape index (κ3) is 1.35. The number of fused-ring (bicyclic) bond motifs is 1. The van der Waals surface area contributed by atoms with Crippen molar-refractivity contribution in [3.05, 3.63) is 40.6 Å². The highest BCUT2D eigenvalue weighted by Crippen LogP contribution is 2.23. The van der Waals surface area contributed by atoms with Crippen LogP contribution in [-0.2, 0) is 0 Å². The minimum Gasteiger partial charge on any atom is -0.296 e. The van der Waals surface area contributed by atoms with Gasteiger partial charge in [0.15, 0.2) is 6.29 Å². The number of rotatable bonds is 1. The summed E-state index contributed by atoms with van der Waals surface area (Å²) in [7, 11) is 0. The molecule has 0 unspecified atom stereocenters. The summed E-state index contributed by atoms with van der Waals surface area (Å²) in [5.41, 5.74) is 0.485. The van der Waals surface area contributed by atoms with Crippen molar-refractivity contribution >= 4 is 33.0 Å². The fourth-order valence-corrected chi connectivity index (χ4v) is 1.72. The van der Waals surface area contributed by atoms with Crippen LogP contribution in [0.2, 0.25) is 0 Å². The maximum atomic E-state index is 10.7. The molecule has 2 aromatic rings. The Balaban J connectivity index is 2.92. The second kappa shape index (κ2) is 3.26. The van der Waals surface area contributed by atoms with Crippen LogP contribution in [0.4, 0.5) is 0 Å². The van der Waals surface area contributed by atoms with Gasteiger partial charge in [0, 0.05) is 16.1 Å². The van der Waals surface area contributed by atoms with Crippen LogP contribution < -0.4 is 0 Å². The van der Waals surface area contributed by atoms with E-state index in [0.717, 1.165) is 21.5 Å². The van der Waals surface area contributed by atoms with Gasteiger partial charge in [0.2, 0.25) is 0 Å². The Morgan fingerprint density at radius 3 is 2.62 bits per heavy atom. The summed E-state index contributed by atoms with van der Waals surface area (Å²) >= 11 is 3.38. The molecule has 13 heavy (non-hydrogen) atoms. The van der Waals surface area contributed by atoms with E-state index in [2.05, 4.69) is 20.9 Å². The molecule has 0 aliphatic carbocycles. The summed E-state index contributed by atoms with van der Waals surface area (Å²) in [4.78, 5) is 14.7. The van der Waals surface area contributed by atoms with E-state index >= 15 is 0 Å². The number of carbonyl (C=O) groups is 1. The second-order valence-corrected chi connectivity index (χ2v) is 3.51. The van der Waals surface area contributed by atoms with Crippen LogP contribution in [-0.4, -0.2) is 11.3 Å².